The molecule has 16 heavy (non-hydrogen) atoms. The Morgan fingerprint density at radius 3 is 2.62 bits per heavy atom. The molecule has 0 unspecified atom stereocenters. The van der Waals surface area contributed by atoms with E-state index in [-0.39, 0.29) is 12.4 Å². The zero-order valence-electron chi connectivity index (χ0n) is 8.67. The van der Waals surface area contributed by atoms with Crippen molar-refractivity contribution in [3.63, 3.8) is 0 Å². The summed E-state index contributed by atoms with van der Waals surface area (Å²) < 4.78 is 37.4. The van der Waals surface area contributed by atoms with Crippen molar-refractivity contribution in [2.75, 3.05) is 18.4 Å². The number of nitrogens with zero attached hydrogens (tertiary/aromatic N) is 1. The number of hydrogen-bond donors (Lipinski definition) is 0. The fourth-order valence-corrected chi connectivity index (χ4v) is 1.94. The van der Waals surface area contributed by atoms with E-state index in [2.05, 4.69) is 15.9 Å². The molecule has 0 N–H and O–H groups in total. The standard InChI is InChI=1S/C11H13BrF3N/c12-4-5-16(8-11(14)15)7-9-2-1-3-10(13)6-9/h1-3,6,11H,4-5,7-8H2. The SMILES string of the molecule is Fc1cccc(CN(CCBr)CC(F)F)c1. The molecule has 0 spiro atoms. The third-order valence-electron chi connectivity index (χ3n) is 2.09. The van der Waals surface area contributed by atoms with Crippen molar-refractivity contribution in [2.24, 2.45) is 0 Å². The van der Waals surface area contributed by atoms with Crippen molar-refractivity contribution in [3.05, 3.63) is 35.6 Å². The van der Waals surface area contributed by atoms with Gasteiger partial charge in [0.15, 0.2) is 0 Å². The highest BCUT2D eigenvalue weighted by Crippen LogP contribution is 2.09. The zero-order valence-corrected chi connectivity index (χ0v) is 10.3. The van der Waals surface area contributed by atoms with Crippen molar-refractivity contribution in [2.45, 2.75) is 13.0 Å². The van der Waals surface area contributed by atoms with Crippen LogP contribution in [0.3, 0.4) is 0 Å². The maximum atomic E-state index is 12.9. The smallest absolute Gasteiger partial charge is 0.251 e. The maximum absolute atomic E-state index is 12.9. The van der Waals surface area contributed by atoms with Gasteiger partial charge in [-0.1, -0.05) is 28.1 Å². The highest BCUT2D eigenvalue weighted by atomic mass is 79.9. The van der Waals surface area contributed by atoms with E-state index in [0.29, 0.717) is 24.0 Å². The molecule has 0 aliphatic carbocycles. The Labute approximate surface area is 101 Å². The minimum atomic E-state index is -2.37. The maximum Gasteiger partial charge on any atom is 0.251 e. The Balaban J connectivity index is 2.60. The van der Waals surface area contributed by atoms with Gasteiger partial charge in [0.25, 0.3) is 6.43 Å². The number of rotatable bonds is 6. The summed E-state index contributed by atoms with van der Waals surface area (Å²) in [5, 5.41) is 0.620. The molecule has 0 aromatic heterocycles. The van der Waals surface area contributed by atoms with Crippen LogP contribution < -0.4 is 0 Å². The molecule has 0 saturated heterocycles. The lowest BCUT2D eigenvalue weighted by Crippen LogP contribution is -2.30. The first-order valence-corrected chi connectivity index (χ1v) is 6.05. The molecular formula is C11H13BrF3N. The van der Waals surface area contributed by atoms with Gasteiger partial charge in [-0.15, -0.1) is 0 Å². The van der Waals surface area contributed by atoms with Crippen LogP contribution in [0.2, 0.25) is 0 Å². The molecule has 0 aliphatic heterocycles. The normalized spacial score (nSPS) is 11.4. The average Bonchev–Trinajstić information content (AvgIpc) is 2.16. The fourth-order valence-electron chi connectivity index (χ4n) is 1.44. The van der Waals surface area contributed by atoms with Crippen molar-refractivity contribution in [1.82, 2.24) is 4.90 Å². The molecule has 1 aromatic rings. The molecule has 0 saturated carbocycles. The van der Waals surface area contributed by atoms with Gasteiger partial charge in [0.05, 0.1) is 6.54 Å². The van der Waals surface area contributed by atoms with E-state index in [1.807, 2.05) is 0 Å². The minimum Gasteiger partial charge on any atom is -0.293 e. The summed E-state index contributed by atoms with van der Waals surface area (Å²) in [7, 11) is 0. The van der Waals surface area contributed by atoms with Crippen LogP contribution in [0.4, 0.5) is 13.2 Å². The van der Waals surface area contributed by atoms with Crippen LogP contribution in [0.25, 0.3) is 0 Å². The summed E-state index contributed by atoms with van der Waals surface area (Å²) in [6, 6.07) is 6.02. The van der Waals surface area contributed by atoms with E-state index in [9.17, 15) is 13.2 Å². The van der Waals surface area contributed by atoms with E-state index in [1.165, 1.54) is 12.1 Å². The molecule has 1 aromatic carbocycles. The summed E-state index contributed by atoms with van der Waals surface area (Å²) >= 11 is 3.21. The number of hydrogen-bond acceptors (Lipinski definition) is 1. The van der Waals surface area contributed by atoms with Crippen molar-refractivity contribution in [1.29, 1.82) is 0 Å². The van der Waals surface area contributed by atoms with Gasteiger partial charge in [0, 0.05) is 18.4 Å². The zero-order chi connectivity index (χ0) is 12.0. The van der Waals surface area contributed by atoms with Crippen LogP contribution in [0.5, 0.6) is 0 Å². The highest BCUT2D eigenvalue weighted by Gasteiger charge is 2.12. The number of alkyl halides is 3. The predicted octanol–water partition coefficient (Wildman–Crippen LogP) is 3.29. The quantitative estimate of drug-likeness (QED) is 0.728. The van der Waals surface area contributed by atoms with Crippen LogP contribution in [0.1, 0.15) is 5.56 Å². The van der Waals surface area contributed by atoms with Crippen molar-refractivity contribution >= 4 is 15.9 Å². The molecule has 0 radical (unpaired) electrons. The third kappa shape index (κ3) is 4.99. The summed E-state index contributed by atoms with van der Waals surface area (Å²) in [6.45, 7) is 0.566. The minimum absolute atomic E-state index is 0.290. The first-order chi connectivity index (χ1) is 7.61. The van der Waals surface area contributed by atoms with Gasteiger partial charge in [-0.3, -0.25) is 4.90 Å². The molecule has 0 bridgehead atoms. The van der Waals surface area contributed by atoms with Gasteiger partial charge in [-0.05, 0) is 17.7 Å². The second-order valence-electron chi connectivity index (χ2n) is 3.45. The summed E-state index contributed by atoms with van der Waals surface area (Å²) in [5.41, 5.74) is 0.710. The molecule has 0 amide bonds. The van der Waals surface area contributed by atoms with Crippen LogP contribution in [-0.2, 0) is 6.54 Å². The topological polar surface area (TPSA) is 3.24 Å². The lowest BCUT2D eigenvalue weighted by molar-refractivity contribution is 0.0881. The number of benzene rings is 1. The third-order valence-corrected chi connectivity index (χ3v) is 2.45. The first-order valence-electron chi connectivity index (χ1n) is 4.92. The summed E-state index contributed by atoms with van der Waals surface area (Å²) in [6.07, 6.45) is -2.37. The monoisotopic (exact) mass is 295 g/mol. The van der Waals surface area contributed by atoms with Crippen molar-refractivity contribution in [3.8, 4) is 0 Å². The number of halogens is 4. The molecule has 1 nitrogen and oxygen atoms in total. The van der Waals surface area contributed by atoms with Gasteiger partial charge in [0.1, 0.15) is 5.82 Å². The summed E-state index contributed by atoms with van der Waals surface area (Å²) in [5.74, 6) is -0.340. The molecule has 0 aliphatic rings. The Hall–Kier alpha value is -0.550. The van der Waals surface area contributed by atoms with Crippen LogP contribution >= 0.6 is 15.9 Å². The molecule has 1 rings (SSSR count). The molecule has 90 valence electrons. The van der Waals surface area contributed by atoms with Gasteiger partial charge in [0.2, 0.25) is 0 Å². The Kier molecular flexibility index (Phi) is 5.84. The van der Waals surface area contributed by atoms with E-state index in [4.69, 9.17) is 0 Å². The largest absolute Gasteiger partial charge is 0.293 e. The van der Waals surface area contributed by atoms with E-state index in [0.717, 1.165) is 0 Å². The average molecular weight is 296 g/mol. The molecular weight excluding hydrogens is 283 g/mol. The fraction of sp³-hybridized carbons (Fsp3) is 0.455. The molecule has 0 heterocycles. The Morgan fingerprint density at radius 1 is 1.31 bits per heavy atom. The van der Waals surface area contributed by atoms with Crippen LogP contribution in [0, 0.1) is 5.82 Å². The summed E-state index contributed by atoms with van der Waals surface area (Å²) in [4.78, 5) is 1.59. The van der Waals surface area contributed by atoms with Crippen LogP contribution in [-0.4, -0.2) is 29.7 Å². The van der Waals surface area contributed by atoms with Gasteiger partial charge >= 0.3 is 0 Å². The van der Waals surface area contributed by atoms with E-state index < -0.39 is 6.43 Å². The van der Waals surface area contributed by atoms with E-state index >= 15 is 0 Å². The second-order valence-corrected chi connectivity index (χ2v) is 4.24. The lowest BCUT2D eigenvalue weighted by atomic mass is 10.2. The van der Waals surface area contributed by atoms with Crippen molar-refractivity contribution < 1.29 is 13.2 Å². The molecule has 0 atom stereocenters. The lowest BCUT2D eigenvalue weighted by Gasteiger charge is -2.20. The van der Waals surface area contributed by atoms with Gasteiger partial charge in [-0.25, -0.2) is 13.2 Å². The Morgan fingerprint density at radius 2 is 2.06 bits per heavy atom. The van der Waals surface area contributed by atoms with Gasteiger partial charge in [-0.2, -0.15) is 0 Å². The predicted molar refractivity (Wildman–Crippen MR) is 61.5 cm³/mol. The van der Waals surface area contributed by atoms with Gasteiger partial charge < -0.3 is 0 Å². The van der Waals surface area contributed by atoms with E-state index in [1.54, 1.807) is 17.0 Å². The molecule has 5 heteroatoms. The van der Waals surface area contributed by atoms with Crippen LogP contribution in [0.15, 0.2) is 24.3 Å². The first kappa shape index (κ1) is 13.5. The molecule has 0 fully saturated rings. The highest BCUT2D eigenvalue weighted by molar-refractivity contribution is 9.09. The Bertz CT molecular complexity index is 320. The second kappa shape index (κ2) is 6.91.